The number of carbonyl (C=O) groups excluding carboxylic acids is 1. The van der Waals surface area contributed by atoms with Crippen LogP contribution in [-0.2, 0) is 29.0 Å². The molecule has 5 rings (SSSR count). The van der Waals surface area contributed by atoms with Crippen LogP contribution in [0.15, 0.2) is 66.0 Å². The van der Waals surface area contributed by atoms with Crippen LogP contribution < -0.4 is 22.1 Å². The maximum atomic E-state index is 12.5. The van der Waals surface area contributed by atoms with Gasteiger partial charge in [-0.05, 0) is 66.9 Å². The molecule has 2 aromatic carbocycles. The molecular formula is C36H44N6O3. The number of benzene rings is 2. The van der Waals surface area contributed by atoms with E-state index < -0.39 is 11.9 Å². The Morgan fingerprint density at radius 3 is 2.29 bits per heavy atom. The molecule has 0 atom stereocenters. The fourth-order valence-corrected chi connectivity index (χ4v) is 6.49. The first kappa shape index (κ1) is 31.6. The smallest absolute Gasteiger partial charge is 0.307 e. The monoisotopic (exact) mass is 608 g/mol. The molecule has 0 spiro atoms. The van der Waals surface area contributed by atoms with Crippen LogP contribution >= 0.6 is 0 Å². The van der Waals surface area contributed by atoms with E-state index >= 15 is 0 Å². The van der Waals surface area contributed by atoms with Crippen LogP contribution in [0, 0.1) is 19.3 Å². The number of aliphatic carboxylic acids is 1. The summed E-state index contributed by atoms with van der Waals surface area (Å²) >= 11 is 0. The van der Waals surface area contributed by atoms with Crippen LogP contribution in [0.25, 0.3) is 16.8 Å². The number of aryl methyl sites for hydroxylation is 2. The normalized spacial score (nSPS) is 17.0. The summed E-state index contributed by atoms with van der Waals surface area (Å²) in [5.74, 6) is -1.20. The van der Waals surface area contributed by atoms with Gasteiger partial charge in [-0.3, -0.25) is 14.6 Å². The molecular weight excluding hydrogens is 564 g/mol. The Hall–Kier alpha value is -4.79. The van der Waals surface area contributed by atoms with Gasteiger partial charge in [-0.2, -0.15) is 0 Å². The molecule has 9 heteroatoms. The zero-order valence-corrected chi connectivity index (χ0v) is 26.7. The number of carboxylic acid groups (broad SMARTS) is 1. The maximum absolute atomic E-state index is 12.5. The second-order valence-corrected chi connectivity index (χ2v) is 13.0. The minimum atomic E-state index is -0.861. The molecule has 1 amide bonds. The fraction of sp³-hybridized carbons (Fsp3) is 0.361. The number of aromatic nitrogens is 1. The molecule has 0 radical (unpaired) electrons. The molecule has 1 saturated heterocycles. The lowest BCUT2D eigenvalue weighted by atomic mass is 9.82. The van der Waals surface area contributed by atoms with E-state index in [1.807, 2.05) is 49.1 Å². The molecule has 2 aliphatic rings. The van der Waals surface area contributed by atoms with Gasteiger partial charge in [0.2, 0.25) is 0 Å². The van der Waals surface area contributed by atoms with Gasteiger partial charge in [0.25, 0.3) is 5.91 Å². The molecule has 1 fully saturated rings. The third-order valence-corrected chi connectivity index (χ3v) is 9.21. The van der Waals surface area contributed by atoms with Crippen molar-refractivity contribution in [3.8, 4) is 11.1 Å². The molecule has 0 unspecified atom stereocenters. The molecule has 0 bridgehead atoms. The number of carbonyl (C=O) groups is 2. The number of hydrogen-bond acceptors (Lipinski definition) is 7. The molecule has 45 heavy (non-hydrogen) atoms. The lowest BCUT2D eigenvalue weighted by Gasteiger charge is -2.40. The van der Waals surface area contributed by atoms with Gasteiger partial charge in [0.05, 0.1) is 17.7 Å². The van der Waals surface area contributed by atoms with Crippen molar-refractivity contribution in [2.24, 2.45) is 22.6 Å². The Balaban J connectivity index is 1.50. The number of rotatable bonds is 8. The summed E-state index contributed by atoms with van der Waals surface area (Å²) in [6.45, 7) is 11.4. The van der Waals surface area contributed by atoms with Crippen molar-refractivity contribution in [3.63, 3.8) is 0 Å². The topological polar surface area (TPSA) is 152 Å². The number of nitrogens with two attached hydrogens (primary N) is 3. The highest BCUT2D eigenvalue weighted by molar-refractivity contribution is 5.97. The van der Waals surface area contributed by atoms with E-state index in [2.05, 4.69) is 36.9 Å². The van der Waals surface area contributed by atoms with Gasteiger partial charge in [-0.1, -0.05) is 62.4 Å². The molecule has 3 heterocycles. The first-order chi connectivity index (χ1) is 21.3. The highest BCUT2D eigenvalue weighted by atomic mass is 16.4. The van der Waals surface area contributed by atoms with E-state index in [-0.39, 0.29) is 17.4 Å². The number of fused-ring (bicyclic) bond motifs is 1. The average molecular weight is 609 g/mol. The van der Waals surface area contributed by atoms with Gasteiger partial charge in [0.15, 0.2) is 0 Å². The molecule has 2 aliphatic heterocycles. The first-order valence-corrected chi connectivity index (χ1v) is 15.5. The number of hydrogen-bond donors (Lipinski definition) is 4. The Morgan fingerprint density at radius 1 is 0.956 bits per heavy atom. The third-order valence-electron chi connectivity index (χ3n) is 9.21. The van der Waals surface area contributed by atoms with Gasteiger partial charge in [0, 0.05) is 54.4 Å². The van der Waals surface area contributed by atoms with Crippen molar-refractivity contribution >= 4 is 23.3 Å². The highest BCUT2D eigenvalue weighted by Crippen LogP contribution is 2.42. The average Bonchev–Trinajstić information content (AvgIpc) is 3.00. The van der Waals surface area contributed by atoms with Gasteiger partial charge in [-0.15, -0.1) is 0 Å². The van der Waals surface area contributed by atoms with Crippen LogP contribution in [0.4, 0.5) is 5.69 Å². The van der Waals surface area contributed by atoms with Gasteiger partial charge < -0.3 is 32.1 Å². The number of carboxylic acids is 1. The SMILES string of the molecule is Cc1nc(C)c(-c2ccc3c(c2)CCN(/C(N)=C(/C=C(\N)c2ccccc2)C(N)=O)C3)c(N2CCC(C)(C)CC2)c1CC(=O)O. The van der Waals surface area contributed by atoms with E-state index in [1.54, 1.807) is 6.08 Å². The molecule has 0 aliphatic carbocycles. The molecule has 7 N–H and O–H groups in total. The number of primary amides is 1. The summed E-state index contributed by atoms with van der Waals surface area (Å²) in [6.07, 6.45) is 4.26. The molecule has 3 aromatic rings. The van der Waals surface area contributed by atoms with Crippen LogP contribution in [0.1, 0.15) is 60.3 Å². The van der Waals surface area contributed by atoms with E-state index in [4.69, 9.17) is 22.2 Å². The fourth-order valence-electron chi connectivity index (χ4n) is 6.49. The van der Waals surface area contributed by atoms with Gasteiger partial charge in [-0.25, -0.2) is 0 Å². The third kappa shape index (κ3) is 6.82. The Kier molecular flexibility index (Phi) is 8.91. The molecule has 1 aromatic heterocycles. The van der Waals surface area contributed by atoms with Crippen LogP contribution in [-0.4, -0.2) is 46.5 Å². The Bertz CT molecular complexity index is 1680. The molecule has 0 saturated carbocycles. The molecule has 236 valence electrons. The Labute approximate surface area is 265 Å². The number of piperidine rings is 1. The van der Waals surface area contributed by atoms with Crippen LogP contribution in [0.2, 0.25) is 0 Å². The van der Waals surface area contributed by atoms with Crippen molar-refractivity contribution in [3.05, 3.63) is 99.6 Å². The second-order valence-electron chi connectivity index (χ2n) is 13.0. The largest absolute Gasteiger partial charge is 0.481 e. The number of amides is 1. The molecule has 9 nitrogen and oxygen atoms in total. The van der Waals surface area contributed by atoms with Crippen molar-refractivity contribution in [1.82, 2.24) is 9.88 Å². The number of pyridine rings is 1. The first-order valence-electron chi connectivity index (χ1n) is 15.5. The lowest BCUT2D eigenvalue weighted by Crippen LogP contribution is -2.38. The summed E-state index contributed by atoms with van der Waals surface area (Å²) in [5.41, 5.74) is 28.0. The number of anilines is 1. The lowest BCUT2D eigenvalue weighted by molar-refractivity contribution is -0.136. The minimum Gasteiger partial charge on any atom is -0.481 e. The van der Waals surface area contributed by atoms with Crippen molar-refractivity contribution < 1.29 is 14.7 Å². The van der Waals surface area contributed by atoms with E-state index in [1.165, 1.54) is 5.56 Å². The summed E-state index contributed by atoms with van der Waals surface area (Å²) in [6, 6.07) is 15.8. The second kappa shape index (κ2) is 12.7. The van der Waals surface area contributed by atoms with Crippen LogP contribution in [0.5, 0.6) is 0 Å². The van der Waals surface area contributed by atoms with Crippen molar-refractivity contribution in [2.45, 2.75) is 59.9 Å². The van der Waals surface area contributed by atoms with Gasteiger partial charge >= 0.3 is 5.97 Å². The summed E-state index contributed by atoms with van der Waals surface area (Å²) in [7, 11) is 0. The predicted molar refractivity (Wildman–Crippen MR) is 179 cm³/mol. The quantitative estimate of drug-likeness (QED) is 0.213. The number of nitrogens with zero attached hydrogens (tertiary/aromatic N) is 3. The summed E-state index contributed by atoms with van der Waals surface area (Å²) in [5, 5.41) is 9.83. The van der Waals surface area contributed by atoms with Gasteiger partial charge in [0.1, 0.15) is 5.82 Å². The maximum Gasteiger partial charge on any atom is 0.307 e. The van der Waals surface area contributed by atoms with Crippen LogP contribution in [0.3, 0.4) is 0 Å². The Morgan fingerprint density at radius 2 is 1.64 bits per heavy atom. The van der Waals surface area contributed by atoms with E-state index in [0.29, 0.717) is 31.0 Å². The zero-order valence-electron chi connectivity index (χ0n) is 26.7. The predicted octanol–water partition coefficient (Wildman–Crippen LogP) is 4.63. The van der Waals surface area contributed by atoms with E-state index in [9.17, 15) is 14.7 Å². The standard InChI is InChI=1S/C36H44N6O3/c1-22-28(20-31(43)44)33(41-16-13-36(3,4)14-17-41)32(23(2)40-22)26-10-11-27-21-42(15-12-25(27)18-26)34(38)29(35(39)45)19-30(37)24-8-6-5-7-9-24/h5-11,18-19H,12-17,20-21,37-38H2,1-4H3,(H2,39,45)(H,43,44)/b30-19-,34-29-. The van der Waals surface area contributed by atoms with E-state index in [0.717, 1.165) is 70.8 Å². The zero-order chi connectivity index (χ0) is 32.5. The highest BCUT2D eigenvalue weighted by Gasteiger charge is 2.31. The summed E-state index contributed by atoms with van der Waals surface area (Å²) < 4.78 is 0. The van der Waals surface area contributed by atoms with Crippen molar-refractivity contribution in [2.75, 3.05) is 24.5 Å². The summed E-state index contributed by atoms with van der Waals surface area (Å²) in [4.78, 5) is 33.6. The van der Waals surface area contributed by atoms with Crippen molar-refractivity contribution in [1.29, 1.82) is 0 Å². The minimum absolute atomic E-state index is 0.0711.